The molecule has 4 heteroatoms. The first kappa shape index (κ1) is 27.8. The summed E-state index contributed by atoms with van der Waals surface area (Å²) in [6.07, 6.45) is 1.99. The molecule has 50 heavy (non-hydrogen) atoms. The lowest BCUT2D eigenvalue weighted by molar-refractivity contribution is 0.915. The van der Waals surface area contributed by atoms with Crippen LogP contribution in [0.15, 0.2) is 152 Å². The molecule has 0 atom stereocenters. The summed E-state index contributed by atoms with van der Waals surface area (Å²) in [5.41, 5.74) is 11.7. The monoisotopic (exact) mass is 655 g/mol. The molecule has 1 aliphatic carbocycles. The van der Waals surface area contributed by atoms with Gasteiger partial charge in [-0.25, -0.2) is 9.97 Å². The lowest BCUT2D eigenvalue weighted by atomic mass is 9.89. The number of hydrogen-bond acceptors (Lipinski definition) is 3. The number of fused-ring (bicyclic) bond motifs is 11. The third-order valence-corrected chi connectivity index (χ3v) is 11.6. The van der Waals surface area contributed by atoms with Crippen molar-refractivity contribution in [1.82, 2.24) is 14.5 Å². The Bertz CT molecular complexity index is 2990. The normalized spacial score (nSPS) is 12.6. The average Bonchev–Trinajstić information content (AvgIpc) is 3.74. The number of hydrogen-bond donors (Lipinski definition) is 0. The highest BCUT2D eigenvalue weighted by atomic mass is 32.1. The maximum Gasteiger partial charge on any atom is 0.235 e. The van der Waals surface area contributed by atoms with Gasteiger partial charge in [0.15, 0.2) is 0 Å². The predicted octanol–water partition coefficient (Wildman–Crippen LogP) is 12.2. The van der Waals surface area contributed by atoms with E-state index in [1.165, 1.54) is 69.8 Å². The van der Waals surface area contributed by atoms with Crippen LogP contribution >= 0.6 is 11.3 Å². The highest BCUT2D eigenvalue weighted by molar-refractivity contribution is 7.26. The van der Waals surface area contributed by atoms with Crippen molar-refractivity contribution in [1.29, 1.82) is 0 Å². The maximum absolute atomic E-state index is 5.44. The zero-order chi connectivity index (χ0) is 32.8. The Balaban J connectivity index is 1.23. The van der Waals surface area contributed by atoms with Gasteiger partial charge in [-0.15, -0.1) is 11.3 Å². The second-order valence-electron chi connectivity index (χ2n) is 13.2. The van der Waals surface area contributed by atoms with Crippen LogP contribution in [0.1, 0.15) is 11.1 Å². The van der Waals surface area contributed by atoms with Crippen LogP contribution in [0.4, 0.5) is 0 Å². The largest absolute Gasteiger partial charge is 0.277 e. The molecule has 234 valence electrons. The minimum atomic E-state index is 0.701. The number of aryl methyl sites for hydroxylation is 2. The van der Waals surface area contributed by atoms with Crippen LogP contribution in [-0.4, -0.2) is 14.5 Å². The van der Waals surface area contributed by atoms with Crippen molar-refractivity contribution >= 4 is 64.1 Å². The van der Waals surface area contributed by atoms with Gasteiger partial charge in [0.1, 0.15) is 0 Å². The molecule has 3 nitrogen and oxygen atoms in total. The molecule has 0 saturated carbocycles. The first-order chi connectivity index (χ1) is 24.8. The Morgan fingerprint density at radius 1 is 0.520 bits per heavy atom. The summed E-state index contributed by atoms with van der Waals surface area (Å²) < 4.78 is 4.99. The Labute approximate surface area is 292 Å². The van der Waals surface area contributed by atoms with Gasteiger partial charge in [-0.05, 0) is 58.5 Å². The van der Waals surface area contributed by atoms with E-state index in [4.69, 9.17) is 9.97 Å². The molecule has 0 fully saturated rings. The van der Waals surface area contributed by atoms with Crippen LogP contribution < -0.4 is 0 Å². The molecular formula is C46H29N3S. The molecule has 10 aromatic rings. The summed E-state index contributed by atoms with van der Waals surface area (Å²) in [6.45, 7) is 0. The minimum absolute atomic E-state index is 0.701. The van der Waals surface area contributed by atoms with Gasteiger partial charge in [-0.1, -0.05) is 133 Å². The van der Waals surface area contributed by atoms with Gasteiger partial charge >= 0.3 is 0 Å². The Morgan fingerprint density at radius 3 is 2.24 bits per heavy atom. The summed E-state index contributed by atoms with van der Waals surface area (Å²) >= 11 is 1.88. The van der Waals surface area contributed by atoms with E-state index in [1.54, 1.807) is 0 Å². The average molecular weight is 656 g/mol. The quantitative estimate of drug-likeness (QED) is 0.190. The zero-order valence-corrected chi connectivity index (χ0v) is 27.9. The van der Waals surface area contributed by atoms with E-state index in [2.05, 4.69) is 156 Å². The summed E-state index contributed by atoms with van der Waals surface area (Å²) in [4.78, 5) is 10.8. The van der Waals surface area contributed by atoms with Crippen LogP contribution in [-0.2, 0) is 12.8 Å². The van der Waals surface area contributed by atoms with Crippen LogP contribution in [0, 0.1) is 0 Å². The van der Waals surface area contributed by atoms with Crippen LogP contribution in [0.3, 0.4) is 0 Å². The summed E-state index contributed by atoms with van der Waals surface area (Å²) in [6, 6.07) is 54.9. The molecule has 0 saturated heterocycles. The number of nitrogens with zero attached hydrogens (tertiary/aromatic N) is 3. The number of para-hydroxylation sites is 2. The van der Waals surface area contributed by atoms with Crippen molar-refractivity contribution in [2.24, 2.45) is 0 Å². The molecule has 0 bridgehead atoms. The van der Waals surface area contributed by atoms with Crippen molar-refractivity contribution < 1.29 is 0 Å². The molecule has 11 rings (SSSR count). The number of benzene rings is 7. The molecule has 3 aromatic heterocycles. The first-order valence-electron chi connectivity index (χ1n) is 17.2. The van der Waals surface area contributed by atoms with E-state index in [0.29, 0.717) is 5.95 Å². The minimum Gasteiger partial charge on any atom is -0.277 e. The molecule has 7 aromatic carbocycles. The van der Waals surface area contributed by atoms with E-state index in [1.807, 2.05) is 11.3 Å². The van der Waals surface area contributed by atoms with Gasteiger partial charge in [-0.3, -0.25) is 4.57 Å². The fourth-order valence-electron chi connectivity index (χ4n) is 8.29. The van der Waals surface area contributed by atoms with Crippen molar-refractivity contribution in [3.05, 3.63) is 163 Å². The van der Waals surface area contributed by atoms with Crippen molar-refractivity contribution in [2.75, 3.05) is 0 Å². The van der Waals surface area contributed by atoms with Crippen molar-refractivity contribution in [3.8, 4) is 39.6 Å². The SMILES string of the molecule is c1ccc(-c2nc(-n3c4c(c5cccc(-c6ccc7c(c6)sc6ccc8ccccc8c67)c53)CCc3ccccc3-4)nc3ccccc23)cc1. The van der Waals surface area contributed by atoms with Crippen molar-refractivity contribution in [3.63, 3.8) is 0 Å². The second kappa shape index (κ2) is 10.7. The van der Waals surface area contributed by atoms with Gasteiger partial charge in [-0.2, -0.15) is 0 Å². The molecular weight excluding hydrogens is 627 g/mol. The maximum atomic E-state index is 5.44. The predicted molar refractivity (Wildman–Crippen MR) is 210 cm³/mol. The van der Waals surface area contributed by atoms with E-state index in [9.17, 15) is 0 Å². The first-order valence-corrected chi connectivity index (χ1v) is 18.0. The molecule has 0 aliphatic heterocycles. The Hall–Kier alpha value is -6.10. The second-order valence-corrected chi connectivity index (χ2v) is 14.3. The van der Waals surface area contributed by atoms with Gasteiger partial charge in [0, 0.05) is 47.6 Å². The molecule has 0 N–H and O–H groups in total. The van der Waals surface area contributed by atoms with Gasteiger partial charge < -0.3 is 0 Å². The highest BCUT2D eigenvalue weighted by Crippen LogP contribution is 2.46. The number of aromatic nitrogens is 3. The van der Waals surface area contributed by atoms with E-state index in [-0.39, 0.29) is 0 Å². The topological polar surface area (TPSA) is 30.7 Å². The summed E-state index contributed by atoms with van der Waals surface area (Å²) in [5, 5.41) is 7.58. The molecule has 1 aliphatic rings. The molecule has 0 unspecified atom stereocenters. The van der Waals surface area contributed by atoms with Crippen LogP contribution in [0.25, 0.3) is 92.3 Å². The fraction of sp³-hybridized carbons (Fsp3) is 0.0435. The summed E-state index contributed by atoms with van der Waals surface area (Å²) in [7, 11) is 0. The fourth-order valence-corrected chi connectivity index (χ4v) is 9.46. The third kappa shape index (κ3) is 4.03. The van der Waals surface area contributed by atoms with Gasteiger partial charge in [0.25, 0.3) is 0 Å². The van der Waals surface area contributed by atoms with E-state index >= 15 is 0 Å². The zero-order valence-electron chi connectivity index (χ0n) is 27.1. The lowest BCUT2D eigenvalue weighted by Gasteiger charge is -2.20. The standard InChI is InChI=1S/C46H29N3S/c1-2-13-30(14-3-1)43-37-17-8-9-20-39(37)47-46(48-43)49-44-33-16-7-5-12-29(33)21-24-36(44)35-19-10-18-34(45(35)49)31-22-25-38-41(27-31)50-40-26-23-28-11-4-6-15-32(28)42(38)40/h1-20,22-23,25-27H,21,24H2. The number of thiophene rings is 1. The molecule has 0 radical (unpaired) electrons. The highest BCUT2D eigenvalue weighted by Gasteiger charge is 2.28. The van der Waals surface area contributed by atoms with Crippen LogP contribution in [0.5, 0.6) is 0 Å². The smallest absolute Gasteiger partial charge is 0.235 e. The Morgan fingerprint density at radius 2 is 1.30 bits per heavy atom. The Kier molecular flexibility index (Phi) is 5.95. The van der Waals surface area contributed by atoms with Crippen LogP contribution in [0.2, 0.25) is 0 Å². The molecule has 0 amide bonds. The molecule has 3 heterocycles. The molecule has 0 spiro atoms. The van der Waals surface area contributed by atoms with E-state index in [0.717, 1.165) is 40.5 Å². The summed E-state index contributed by atoms with van der Waals surface area (Å²) in [5.74, 6) is 0.701. The number of rotatable bonds is 3. The van der Waals surface area contributed by atoms with E-state index < -0.39 is 0 Å². The van der Waals surface area contributed by atoms with Gasteiger partial charge in [0.05, 0.1) is 22.4 Å². The third-order valence-electron chi connectivity index (χ3n) is 10.5. The van der Waals surface area contributed by atoms with Crippen molar-refractivity contribution in [2.45, 2.75) is 12.8 Å². The lowest BCUT2D eigenvalue weighted by Crippen LogP contribution is -2.09. The van der Waals surface area contributed by atoms with Gasteiger partial charge in [0.2, 0.25) is 5.95 Å².